The van der Waals surface area contributed by atoms with E-state index in [0.717, 1.165) is 37.1 Å². The molecule has 2 saturated heterocycles. The minimum absolute atomic E-state index is 0.212. The van der Waals surface area contributed by atoms with E-state index in [9.17, 15) is 4.39 Å². The maximum Gasteiger partial charge on any atom is 0.164 e. The summed E-state index contributed by atoms with van der Waals surface area (Å²) in [6.45, 7) is 6.76. The zero-order valence-electron chi connectivity index (χ0n) is 20.0. The molecule has 0 spiro atoms. The Balaban J connectivity index is 1.34. The minimum atomic E-state index is -0.461. The van der Waals surface area contributed by atoms with Gasteiger partial charge in [-0.1, -0.05) is 12.1 Å². The number of benzene rings is 1. The summed E-state index contributed by atoms with van der Waals surface area (Å²) >= 11 is 0. The van der Waals surface area contributed by atoms with E-state index in [-0.39, 0.29) is 12.4 Å². The number of likely N-dealkylation sites (tertiary alicyclic amines) is 2. The largest absolute Gasteiger partial charge is 0.304 e. The van der Waals surface area contributed by atoms with Gasteiger partial charge in [0, 0.05) is 49.0 Å². The zero-order valence-corrected chi connectivity index (χ0v) is 20.0. The van der Waals surface area contributed by atoms with Crippen LogP contribution in [0.15, 0.2) is 36.7 Å². The summed E-state index contributed by atoms with van der Waals surface area (Å²) in [6.07, 6.45) is 3.90. The minimum Gasteiger partial charge on any atom is -0.304 e. The molecule has 0 N–H and O–H groups in total. The van der Waals surface area contributed by atoms with Crippen LogP contribution in [0.4, 0.5) is 8.78 Å². The number of aromatic nitrogens is 5. The summed E-state index contributed by atoms with van der Waals surface area (Å²) in [5.74, 6) is 0.353. The van der Waals surface area contributed by atoms with Crippen LogP contribution in [0.3, 0.4) is 0 Å². The van der Waals surface area contributed by atoms with Gasteiger partial charge in [0.15, 0.2) is 5.65 Å². The highest BCUT2D eigenvalue weighted by atomic mass is 19.1. The van der Waals surface area contributed by atoms with Crippen molar-refractivity contribution in [1.82, 2.24) is 34.3 Å². The molecular weight excluding hydrogens is 448 g/mol. The fourth-order valence-corrected chi connectivity index (χ4v) is 5.54. The lowest BCUT2D eigenvalue weighted by atomic mass is 10.1. The van der Waals surface area contributed by atoms with Crippen LogP contribution in [-0.4, -0.2) is 66.5 Å². The van der Waals surface area contributed by atoms with E-state index >= 15 is 4.39 Å². The van der Waals surface area contributed by atoms with Crippen molar-refractivity contribution in [2.75, 3.05) is 20.1 Å². The van der Waals surface area contributed by atoms with Crippen molar-refractivity contribution in [3.8, 4) is 11.4 Å². The average molecular weight is 476 g/mol. The number of hydrogen-bond donors (Lipinski definition) is 0. The second kappa shape index (κ2) is 8.42. The van der Waals surface area contributed by atoms with Crippen LogP contribution in [0, 0.1) is 25.5 Å². The Kier molecular flexibility index (Phi) is 5.34. The van der Waals surface area contributed by atoms with Crippen LogP contribution in [0.25, 0.3) is 22.6 Å². The van der Waals surface area contributed by atoms with Crippen molar-refractivity contribution in [2.24, 2.45) is 0 Å². The Labute approximate surface area is 202 Å². The number of piperazine rings is 1. The van der Waals surface area contributed by atoms with E-state index in [2.05, 4.69) is 31.8 Å². The molecule has 2 atom stereocenters. The standard InChI is InChI=1S/C26H27F2N7/c1-15-24-26(31-16(2)30-15)35(25(32-24)19-7-20(27)10-29-9-19)12-18-5-4-17(6-23(18)28)11-34-14-21-8-22(34)13-33(21)3/h4-7,9-10,21-22H,8,11-14H2,1-3H3/t21-,22-/m0/s1. The molecule has 0 saturated carbocycles. The maximum atomic E-state index is 15.4. The molecule has 3 aromatic heterocycles. The van der Waals surface area contributed by atoms with Crippen LogP contribution < -0.4 is 0 Å². The lowest BCUT2D eigenvalue weighted by Crippen LogP contribution is -2.43. The fraction of sp³-hybridized carbons (Fsp3) is 0.385. The summed E-state index contributed by atoms with van der Waals surface area (Å²) in [6, 6.07) is 8.02. The first-order valence-corrected chi connectivity index (χ1v) is 11.9. The third-order valence-corrected chi connectivity index (χ3v) is 7.30. The summed E-state index contributed by atoms with van der Waals surface area (Å²) < 4.78 is 31.1. The number of fused-ring (bicyclic) bond motifs is 3. The number of hydrogen-bond acceptors (Lipinski definition) is 6. The molecule has 6 rings (SSSR count). The molecule has 0 unspecified atom stereocenters. The molecule has 2 aliphatic heterocycles. The number of likely N-dealkylation sites (N-methyl/N-ethyl adjacent to an activating group) is 1. The van der Waals surface area contributed by atoms with Gasteiger partial charge >= 0.3 is 0 Å². The van der Waals surface area contributed by atoms with Crippen molar-refractivity contribution in [3.05, 3.63) is 70.9 Å². The van der Waals surface area contributed by atoms with E-state index in [4.69, 9.17) is 4.98 Å². The van der Waals surface area contributed by atoms with Gasteiger partial charge in [-0.15, -0.1) is 0 Å². The quantitative estimate of drug-likeness (QED) is 0.439. The number of imidazole rings is 1. The highest BCUT2D eigenvalue weighted by Gasteiger charge is 2.41. The number of nitrogens with zero attached hydrogens (tertiary/aromatic N) is 7. The molecule has 0 amide bonds. The Morgan fingerprint density at radius 1 is 0.971 bits per heavy atom. The highest BCUT2D eigenvalue weighted by molar-refractivity contribution is 5.79. The SMILES string of the molecule is Cc1nc(C)c2nc(-c3cncc(F)c3)n(Cc3ccc(CN4C[C@@H]5C[C@H]4CN5C)cc3F)c2n1. The lowest BCUT2D eigenvalue weighted by Gasteiger charge is -2.31. The van der Waals surface area contributed by atoms with E-state index in [1.807, 2.05) is 30.5 Å². The third-order valence-electron chi connectivity index (χ3n) is 7.30. The molecule has 0 radical (unpaired) electrons. The van der Waals surface area contributed by atoms with Crippen LogP contribution in [0.5, 0.6) is 0 Å². The third kappa shape index (κ3) is 3.98. The van der Waals surface area contributed by atoms with Gasteiger partial charge in [0.1, 0.15) is 28.8 Å². The maximum absolute atomic E-state index is 15.4. The second-order valence-corrected chi connectivity index (χ2v) is 9.78. The van der Waals surface area contributed by atoms with Gasteiger partial charge in [0.2, 0.25) is 0 Å². The molecule has 2 bridgehead atoms. The van der Waals surface area contributed by atoms with Crippen LogP contribution >= 0.6 is 0 Å². The molecule has 1 aromatic carbocycles. The number of halogens is 2. The second-order valence-electron chi connectivity index (χ2n) is 9.78. The molecule has 2 fully saturated rings. The van der Waals surface area contributed by atoms with E-state index in [1.54, 1.807) is 12.3 Å². The Bertz CT molecular complexity index is 1430. The van der Waals surface area contributed by atoms with Crippen LogP contribution in [0.2, 0.25) is 0 Å². The first-order valence-electron chi connectivity index (χ1n) is 11.9. The Morgan fingerprint density at radius 3 is 2.54 bits per heavy atom. The zero-order chi connectivity index (χ0) is 24.3. The van der Waals surface area contributed by atoms with E-state index in [0.29, 0.717) is 46.0 Å². The smallest absolute Gasteiger partial charge is 0.164 e. The van der Waals surface area contributed by atoms with Gasteiger partial charge in [0.25, 0.3) is 0 Å². The molecule has 4 aromatic rings. The molecule has 180 valence electrons. The van der Waals surface area contributed by atoms with Crippen molar-refractivity contribution < 1.29 is 8.78 Å². The van der Waals surface area contributed by atoms with Crippen LogP contribution in [-0.2, 0) is 13.1 Å². The first-order chi connectivity index (χ1) is 16.9. The van der Waals surface area contributed by atoms with Gasteiger partial charge in [-0.3, -0.25) is 9.88 Å². The predicted molar refractivity (Wildman–Crippen MR) is 129 cm³/mol. The number of rotatable bonds is 5. The van der Waals surface area contributed by atoms with Crippen molar-refractivity contribution in [3.63, 3.8) is 0 Å². The van der Waals surface area contributed by atoms with Crippen LogP contribution in [0.1, 0.15) is 29.1 Å². The molecule has 9 heteroatoms. The average Bonchev–Trinajstić information content (AvgIpc) is 3.48. The van der Waals surface area contributed by atoms with Crippen molar-refractivity contribution in [1.29, 1.82) is 0 Å². The molecular formula is C26H27F2N7. The van der Waals surface area contributed by atoms with Gasteiger partial charge in [0.05, 0.1) is 18.4 Å². The Hall–Kier alpha value is -3.30. The van der Waals surface area contributed by atoms with E-state index in [1.165, 1.54) is 12.5 Å². The number of pyridine rings is 1. The summed E-state index contributed by atoms with van der Waals surface area (Å²) in [5.41, 5.74) is 3.93. The molecule has 35 heavy (non-hydrogen) atoms. The van der Waals surface area contributed by atoms with Gasteiger partial charge in [-0.05, 0) is 45.0 Å². The van der Waals surface area contributed by atoms with Crippen molar-refractivity contribution in [2.45, 2.75) is 45.4 Å². The highest BCUT2D eigenvalue weighted by Crippen LogP contribution is 2.31. The normalized spacial score (nSPS) is 20.4. The molecule has 2 aliphatic rings. The fourth-order valence-electron chi connectivity index (χ4n) is 5.54. The van der Waals surface area contributed by atoms with E-state index < -0.39 is 5.82 Å². The van der Waals surface area contributed by atoms with Gasteiger partial charge in [-0.2, -0.15) is 0 Å². The summed E-state index contributed by atoms with van der Waals surface area (Å²) in [5, 5.41) is 0. The Morgan fingerprint density at radius 2 is 1.83 bits per heavy atom. The summed E-state index contributed by atoms with van der Waals surface area (Å²) in [4.78, 5) is 22.6. The van der Waals surface area contributed by atoms with Gasteiger partial charge < -0.3 is 9.47 Å². The monoisotopic (exact) mass is 475 g/mol. The predicted octanol–water partition coefficient (Wildman–Crippen LogP) is 3.72. The first kappa shape index (κ1) is 22.2. The topological polar surface area (TPSA) is 63.0 Å². The molecule has 7 nitrogen and oxygen atoms in total. The number of aryl methyl sites for hydroxylation is 2. The summed E-state index contributed by atoms with van der Waals surface area (Å²) in [7, 11) is 2.18. The van der Waals surface area contributed by atoms with Gasteiger partial charge in [-0.25, -0.2) is 23.7 Å². The molecule has 0 aliphatic carbocycles. The molecule has 5 heterocycles. The lowest BCUT2D eigenvalue weighted by molar-refractivity contribution is 0.143. The van der Waals surface area contributed by atoms with Crippen molar-refractivity contribution >= 4 is 11.2 Å².